The summed E-state index contributed by atoms with van der Waals surface area (Å²) in [6.07, 6.45) is 4.55. The minimum Gasteiger partial charge on any atom is -0.378 e. The molecular formula is C19H22N7O+. The van der Waals surface area contributed by atoms with Crippen LogP contribution < -0.4 is 15.8 Å². The van der Waals surface area contributed by atoms with Crippen molar-refractivity contribution in [2.75, 3.05) is 43.9 Å². The Morgan fingerprint density at radius 3 is 2.74 bits per heavy atom. The molecule has 1 aliphatic rings. The van der Waals surface area contributed by atoms with E-state index in [9.17, 15) is 10.1 Å². The Kier molecular flexibility index (Phi) is 5.61. The SMILES string of the molecule is CN(C)c1ccc(-c2nc(NCCC[N+]3=CN=CC3)[nH]c(=O)c2C#N)cc1. The Balaban J connectivity index is 1.76. The summed E-state index contributed by atoms with van der Waals surface area (Å²) in [6, 6.07) is 9.56. The van der Waals surface area contributed by atoms with Crippen molar-refractivity contribution in [3.8, 4) is 17.3 Å². The van der Waals surface area contributed by atoms with Gasteiger partial charge in [0.1, 0.15) is 18.2 Å². The number of anilines is 2. The molecule has 0 spiro atoms. The summed E-state index contributed by atoms with van der Waals surface area (Å²) in [5.41, 5.74) is 1.72. The van der Waals surface area contributed by atoms with E-state index in [-0.39, 0.29) is 5.56 Å². The van der Waals surface area contributed by atoms with Gasteiger partial charge < -0.3 is 10.2 Å². The van der Waals surface area contributed by atoms with Crippen LogP contribution in [0.4, 0.5) is 11.6 Å². The molecule has 0 radical (unpaired) electrons. The molecule has 1 aromatic heterocycles. The van der Waals surface area contributed by atoms with Crippen LogP contribution in [0.25, 0.3) is 11.3 Å². The predicted octanol–water partition coefficient (Wildman–Crippen LogP) is 1.30. The fraction of sp³-hybridized carbons (Fsp3) is 0.316. The first kappa shape index (κ1) is 18.3. The highest BCUT2D eigenvalue weighted by atomic mass is 16.1. The van der Waals surface area contributed by atoms with E-state index in [1.165, 1.54) is 0 Å². The molecular weight excluding hydrogens is 342 g/mol. The number of nitriles is 1. The monoisotopic (exact) mass is 364 g/mol. The third-order valence-corrected chi connectivity index (χ3v) is 4.25. The van der Waals surface area contributed by atoms with E-state index >= 15 is 0 Å². The van der Waals surface area contributed by atoms with Gasteiger partial charge in [-0.05, 0) is 12.1 Å². The van der Waals surface area contributed by atoms with E-state index in [4.69, 9.17) is 0 Å². The van der Waals surface area contributed by atoms with Crippen LogP contribution >= 0.6 is 0 Å². The highest BCUT2D eigenvalue weighted by Gasteiger charge is 2.14. The van der Waals surface area contributed by atoms with Crippen molar-refractivity contribution in [2.45, 2.75) is 6.42 Å². The molecule has 2 aromatic rings. The number of benzene rings is 1. The number of aliphatic imine (C=N–C) groups is 1. The predicted molar refractivity (Wildman–Crippen MR) is 107 cm³/mol. The van der Waals surface area contributed by atoms with Gasteiger partial charge in [-0.15, -0.1) is 0 Å². The molecule has 2 N–H and O–H groups in total. The second kappa shape index (κ2) is 8.27. The maximum atomic E-state index is 12.3. The van der Waals surface area contributed by atoms with E-state index in [0.29, 0.717) is 18.2 Å². The first-order chi connectivity index (χ1) is 13.1. The molecule has 0 unspecified atom stereocenters. The van der Waals surface area contributed by atoms with Gasteiger partial charge >= 0.3 is 0 Å². The van der Waals surface area contributed by atoms with E-state index in [0.717, 1.165) is 30.8 Å². The minimum absolute atomic E-state index is 0.0157. The molecule has 0 atom stereocenters. The Hall–Kier alpha value is -3.47. The number of hydrogen-bond donors (Lipinski definition) is 2. The van der Waals surface area contributed by atoms with Gasteiger partial charge in [0.25, 0.3) is 11.9 Å². The first-order valence-corrected chi connectivity index (χ1v) is 8.73. The molecule has 1 aromatic carbocycles. The fourth-order valence-corrected chi connectivity index (χ4v) is 2.77. The number of nitrogens with zero attached hydrogens (tertiary/aromatic N) is 5. The van der Waals surface area contributed by atoms with E-state index in [1.807, 2.05) is 61.9 Å². The number of H-pyrrole nitrogens is 1. The summed E-state index contributed by atoms with van der Waals surface area (Å²) in [6.45, 7) is 2.35. The molecule has 0 aliphatic carbocycles. The van der Waals surface area contributed by atoms with Crippen molar-refractivity contribution >= 4 is 24.2 Å². The van der Waals surface area contributed by atoms with Gasteiger partial charge in [0.05, 0.1) is 12.2 Å². The number of rotatable bonds is 7. The van der Waals surface area contributed by atoms with Crippen molar-refractivity contribution < 1.29 is 4.58 Å². The zero-order valence-corrected chi connectivity index (χ0v) is 15.4. The molecule has 2 heterocycles. The van der Waals surface area contributed by atoms with Crippen LogP contribution in [-0.4, -0.2) is 60.8 Å². The molecule has 0 saturated heterocycles. The summed E-state index contributed by atoms with van der Waals surface area (Å²) in [7, 11) is 3.91. The van der Waals surface area contributed by atoms with Gasteiger partial charge in [-0.3, -0.25) is 14.4 Å². The van der Waals surface area contributed by atoms with Gasteiger partial charge in [-0.25, -0.2) is 4.98 Å². The molecule has 8 nitrogen and oxygen atoms in total. The maximum Gasteiger partial charge on any atom is 0.281 e. The van der Waals surface area contributed by atoms with Gasteiger partial charge in [-0.2, -0.15) is 5.26 Å². The quantitative estimate of drug-likeness (QED) is 0.570. The Morgan fingerprint density at radius 1 is 1.33 bits per heavy atom. The lowest BCUT2D eigenvalue weighted by atomic mass is 10.1. The summed E-state index contributed by atoms with van der Waals surface area (Å²) in [4.78, 5) is 25.4. The van der Waals surface area contributed by atoms with E-state index < -0.39 is 5.56 Å². The number of aromatic amines is 1. The third kappa shape index (κ3) is 4.39. The van der Waals surface area contributed by atoms with Crippen molar-refractivity contribution in [2.24, 2.45) is 4.99 Å². The topological polar surface area (TPSA) is 100 Å². The van der Waals surface area contributed by atoms with Crippen molar-refractivity contribution in [3.63, 3.8) is 0 Å². The van der Waals surface area contributed by atoms with Gasteiger partial charge in [0.15, 0.2) is 6.21 Å². The van der Waals surface area contributed by atoms with Crippen LogP contribution in [0, 0.1) is 11.3 Å². The van der Waals surface area contributed by atoms with E-state index in [2.05, 4.69) is 24.9 Å². The number of nitrogens with one attached hydrogen (secondary N) is 2. The largest absolute Gasteiger partial charge is 0.378 e. The van der Waals surface area contributed by atoms with Crippen molar-refractivity contribution in [3.05, 3.63) is 40.2 Å². The highest BCUT2D eigenvalue weighted by Crippen LogP contribution is 2.23. The molecule has 0 amide bonds. The number of aromatic nitrogens is 2. The molecule has 8 heteroatoms. The standard InChI is InChI=1S/C19H21N7O/c1-25(2)15-6-4-14(5-7-15)17-16(12-20)18(27)24-19(23-17)22-8-3-10-26-11-9-21-13-26/h4-7,9,13H,3,8,10-11H2,1-2H3,(H-,22,23,24,27)/p+1. The minimum atomic E-state index is -0.442. The van der Waals surface area contributed by atoms with Crippen molar-refractivity contribution in [1.82, 2.24) is 9.97 Å². The summed E-state index contributed by atoms with van der Waals surface area (Å²) >= 11 is 0. The molecule has 1 aliphatic heterocycles. The Bertz CT molecular complexity index is 965. The smallest absolute Gasteiger partial charge is 0.281 e. The maximum absolute atomic E-state index is 12.3. The molecule has 3 rings (SSSR count). The molecule has 0 bridgehead atoms. The summed E-state index contributed by atoms with van der Waals surface area (Å²) in [5.74, 6) is 0.368. The molecule has 0 saturated carbocycles. The Labute approximate surface area is 157 Å². The van der Waals surface area contributed by atoms with Gasteiger partial charge in [0.2, 0.25) is 5.95 Å². The molecule has 138 valence electrons. The zero-order valence-electron chi connectivity index (χ0n) is 15.4. The average molecular weight is 364 g/mol. The van der Waals surface area contributed by atoms with Crippen LogP contribution in [0.1, 0.15) is 12.0 Å². The van der Waals surface area contributed by atoms with Crippen LogP contribution in [0.5, 0.6) is 0 Å². The van der Waals surface area contributed by atoms with Crippen LogP contribution in [0.2, 0.25) is 0 Å². The molecule has 0 fully saturated rings. The average Bonchev–Trinajstić information content (AvgIpc) is 3.18. The first-order valence-electron chi connectivity index (χ1n) is 8.73. The van der Waals surface area contributed by atoms with Gasteiger partial charge in [0, 0.05) is 38.3 Å². The fourth-order valence-electron chi connectivity index (χ4n) is 2.77. The lowest BCUT2D eigenvalue weighted by Gasteiger charge is -2.13. The summed E-state index contributed by atoms with van der Waals surface area (Å²) in [5, 5.41) is 12.5. The molecule has 27 heavy (non-hydrogen) atoms. The highest BCUT2D eigenvalue weighted by molar-refractivity contribution is 5.74. The van der Waals surface area contributed by atoms with Crippen LogP contribution in [0.15, 0.2) is 34.1 Å². The van der Waals surface area contributed by atoms with E-state index in [1.54, 1.807) is 0 Å². The number of hydrogen-bond acceptors (Lipinski definition) is 6. The van der Waals surface area contributed by atoms with Crippen molar-refractivity contribution in [1.29, 1.82) is 5.26 Å². The van der Waals surface area contributed by atoms with Gasteiger partial charge in [-0.1, -0.05) is 17.1 Å². The van der Waals surface area contributed by atoms with Crippen LogP contribution in [-0.2, 0) is 0 Å². The lowest BCUT2D eigenvalue weighted by Crippen LogP contribution is -2.20. The Morgan fingerprint density at radius 2 is 2.11 bits per heavy atom. The lowest BCUT2D eigenvalue weighted by molar-refractivity contribution is -0.504. The third-order valence-electron chi connectivity index (χ3n) is 4.25. The summed E-state index contributed by atoms with van der Waals surface area (Å²) < 4.78 is 2.11. The normalized spacial score (nSPS) is 12.6. The second-order valence-corrected chi connectivity index (χ2v) is 6.41. The second-order valence-electron chi connectivity index (χ2n) is 6.41. The zero-order chi connectivity index (χ0) is 19.2. The van der Waals surface area contributed by atoms with Crippen LogP contribution in [0.3, 0.4) is 0 Å².